The van der Waals surface area contributed by atoms with Gasteiger partial charge in [0.25, 0.3) is 0 Å². The molecule has 10 rings (SSSR count). The Morgan fingerprint density at radius 1 is 0.469 bits per heavy atom. The monoisotopic (exact) mass is 644 g/mol. The second-order valence-corrected chi connectivity index (χ2v) is 15.4. The summed E-state index contributed by atoms with van der Waals surface area (Å²) in [5.74, 6) is 0. The maximum atomic E-state index is 15.2. The highest BCUT2D eigenvalue weighted by Crippen LogP contribution is 2.53. The molecule has 230 valence electrons. The van der Waals surface area contributed by atoms with Gasteiger partial charge in [0.1, 0.15) is 0 Å². The van der Waals surface area contributed by atoms with Gasteiger partial charge in [0.15, 0.2) is 7.14 Å². The lowest BCUT2D eigenvalue weighted by Gasteiger charge is -2.16. The lowest BCUT2D eigenvalue weighted by molar-refractivity contribution is 0.593. The van der Waals surface area contributed by atoms with E-state index in [1.165, 1.54) is 11.1 Å². The predicted octanol–water partition coefficient (Wildman–Crippen LogP) is 10.3. The summed E-state index contributed by atoms with van der Waals surface area (Å²) in [6.07, 6.45) is 1.84. The Morgan fingerprint density at radius 3 is 1.96 bits per heavy atom. The van der Waals surface area contributed by atoms with Gasteiger partial charge in [-0.3, -0.25) is 4.98 Å². The Morgan fingerprint density at radius 2 is 1.14 bits per heavy atom. The largest absolute Gasteiger partial charge is 0.309 e. The number of nitrogens with zero attached hydrogens (tertiary/aromatic N) is 2. The number of hydrogen-bond acceptors (Lipinski definition) is 2. The van der Waals surface area contributed by atoms with Crippen LogP contribution >= 0.6 is 7.14 Å². The molecule has 1 aliphatic heterocycles. The van der Waals surface area contributed by atoms with Crippen LogP contribution in [0.4, 0.5) is 0 Å². The molecule has 0 N–H and O–H groups in total. The second-order valence-electron chi connectivity index (χ2n) is 12.7. The van der Waals surface area contributed by atoms with Crippen molar-refractivity contribution in [1.82, 2.24) is 9.55 Å². The molecule has 3 nitrogen and oxygen atoms in total. The molecule has 0 saturated heterocycles. The van der Waals surface area contributed by atoms with Crippen LogP contribution in [0, 0.1) is 0 Å². The number of para-hydroxylation sites is 1. The van der Waals surface area contributed by atoms with Crippen molar-refractivity contribution in [2.75, 3.05) is 0 Å². The summed E-state index contributed by atoms with van der Waals surface area (Å²) in [7, 11) is -3.03. The lowest BCUT2D eigenvalue weighted by Crippen LogP contribution is -2.20. The third-order valence-electron chi connectivity index (χ3n) is 10.1. The van der Waals surface area contributed by atoms with E-state index >= 15 is 4.57 Å². The first-order chi connectivity index (χ1) is 24.2. The average Bonchev–Trinajstić information content (AvgIpc) is 3.63. The van der Waals surface area contributed by atoms with E-state index < -0.39 is 7.14 Å². The van der Waals surface area contributed by atoms with E-state index in [-0.39, 0.29) is 0 Å². The average molecular weight is 645 g/mol. The highest BCUT2D eigenvalue weighted by molar-refractivity contribution is 7.86. The van der Waals surface area contributed by atoms with Crippen molar-refractivity contribution in [3.63, 3.8) is 0 Å². The van der Waals surface area contributed by atoms with Gasteiger partial charge in [0.2, 0.25) is 0 Å². The van der Waals surface area contributed by atoms with Gasteiger partial charge in [0.05, 0.1) is 16.6 Å². The third-order valence-corrected chi connectivity index (χ3v) is 13.2. The van der Waals surface area contributed by atoms with Crippen LogP contribution in [0.25, 0.3) is 71.8 Å². The zero-order valence-electron chi connectivity index (χ0n) is 26.5. The van der Waals surface area contributed by atoms with Crippen LogP contribution < -0.4 is 15.9 Å². The Hall–Kier alpha value is -6.02. The van der Waals surface area contributed by atoms with E-state index in [2.05, 4.69) is 125 Å². The van der Waals surface area contributed by atoms with Crippen molar-refractivity contribution in [1.29, 1.82) is 0 Å². The van der Waals surface area contributed by atoms with Crippen LogP contribution in [0.5, 0.6) is 0 Å². The van der Waals surface area contributed by atoms with Crippen LogP contribution in [0.3, 0.4) is 0 Å². The molecule has 0 amide bonds. The standard InChI is InChI=1S/C45H29N2OP/c48-49(36-10-2-1-3-11-36)44-15-7-5-13-38(44)40-28-43-39(29-45(40)49)37-12-4-6-14-42(37)47(43)35-24-22-31(23-25-35)30-16-18-32(19-17-30)34-21-20-33-9-8-26-46-41(33)27-34/h1-29H. The highest BCUT2D eigenvalue weighted by atomic mass is 31.2. The molecule has 0 radical (unpaired) electrons. The van der Waals surface area contributed by atoms with Crippen molar-refractivity contribution in [2.24, 2.45) is 0 Å². The fourth-order valence-electron chi connectivity index (χ4n) is 7.68. The first-order valence-corrected chi connectivity index (χ1v) is 18.3. The number of benzene rings is 7. The second kappa shape index (κ2) is 10.8. The Balaban J connectivity index is 1.08. The van der Waals surface area contributed by atoms with Crippen molar-refractivity contribution < 1.29 is 4.57 Å². The number of rotatable bonds is 4. The van der Waals surface area contributed by atoms with Gasteiger partial charge in [-0.25, -0.2) is 0 Å². The van der Waals surface area contributed by atoms with Gasteiger partial charge in [-0.2, -0.15) is 0 Å². The minimum Gasteiger partial charge on any atom is -0.309 e. The molecular formula is C45H29N2OP. The summed E-state index contributed by atoms with van der Waals surface area (Å²) < 4.78 is 17.6. The molecule has 0 aliphatic carbocycles. The van der Waals surface area contributed by atoms with E-state index in [0.29, 0.717) is 0 Å². The topological polar surface area (TPSA) is 34.9 Å². The van der Waals surface area contributed by atoms with Gasteiger partial charge >= 0.3 is 0 Å². The summed E-state index contributed by atoms with van der Waals surface area (Å²) in [6.45, 7) is 0. The highest BCUT2D eigenvalue weighted by Gasteiger charge is 2.40. The van der Waals surface area contributed by atoms with E-state index in [0.717, 1.165) is 76.6 Å². The van der Waals surface area contributed by atoms with Crippen LogP contribution in [-0.4, -0.2) is 9.55 Å². The molecule has 1 atom stereocenters. The van der Waals surface area contributed by atoms with Crippen LogP contribution in [-0.2, 0) is 4.57 Å². The summed E-state index contributed by atoms with van der Waals surface area (Å²) >= 11 is 0. The summed E-state index contributed by atoms with van der Waals surface area (Å²) in [6, 6.07) is 59.3. The van der Waals surface area contributed by atoms with Crippen molar-refractivity contribution in [3.05, 3.63) is 176 Å². The lowest BCUT2D eigenvalue weighted by atomic mass is 9.99. The fourth-order valence-corrected chi connectivity index (χ4v) is 10.8. The number of hydrogen-bond donors (Lipinski definition) is 0. The third kappa shape index (κ3) is 4.23. The zero-order valence-corrected chi connectivity index (χ0v) is 27.4. The van der Waals surface area contributed by atoms with E-state index in [1.807, 2.05) is 60.8 Å². The van der Waals surface area contributed by atoms with E-state index in [4.69, 9.17) is 0 Å². The molecule has 1 unspecified atom stereocenters. The number of fused-ring (bicyclic) bond motifs is 7. The molecule has 9 aromatic rings. The maximum Gasteiger partial charge on any atom is 0.172 e. The molecule has 3 heterocycles. The molecule has 0 spiro atoms. The Kier molecular flexibility index (Phi) is 6.15. The van der Waals surface area contributed by atoms with Gasteiger partial charge in [0, 0.05) is 44.0 Å². The first-order valence-electron chi connectivity index (χ1n) is 16.6. The molecular weight excluding hydrogens is 615 g/mol. The van der Waals surface area contributed by atoms with Gasteiger partial charge in [-0.05, 0) is 75.8 Å². The van der Waals surface area contributed by atoms with Gasteiger partial charge in [-0.1, -0.05) is 127 Å². The molecule has 0 bridgehead atoms. The summed E-state index contributed by atoms with van der Waals surface area (Å²) in [5.41, 5.74) is 11.1. The number of aromatic nitrogens is 2. The van der Waals surface area contributed by atoms with E-state index in [1.54, 1.807) is 0 Å². The van der Waals surface area contributed by atoms with Crippen molar-refractivity contribution in [2.45, 2.75) is 0 Å². The molecule has 0 fully saturated rings. The van der Waals surface area contributed by atoms with Crippen molar-refractivity contribution in [3.8, 4) is 39.1 Å². The van der Waals surface area contributed by atoms with E-state index in [9.17, 15) is 0 Å². The molecule has 49 heavy (non-hydrogen) atoms. The smallest absolute Gasteiger partial charge is 0.172 e. The molecule has 1 aliphatic rings. The summed E-state index contributed by atoms with van der Waals surface area (Å²) in [5, 5.41) is 6.14. The first kappa shape index (κ1) is 28.0. The molecule has 7 aromatic carbocycles. The quantitative estimate of drug-likeness (QED) is 0.179. The van der Waals surface area contributed by atoms with Crippen LogP contribution in [0.1, 0.15) is 0 Å². The Labute approximate surface area is 284 Å². The fraction of sp³-hybridized carbons (Fsp3) is 0. The van der Waals surface area contributed by atoms with Crippen LogP contribution in [0.15, 0.2) is 176 Å². The number of pyridine rings is 1. The summed E-state index contributed by atoms with van der Waals surface area (Å²) in [4.78, 5) is 4.53. The normalized spacial score (nSPS) is 15.1. The van der Waals surface area contributed by atoms with Crippen LogP contribution in [0.2, 0.25) is 0 Å². The predicted molar refractivity (Wildman–Crippen MR) is 205 cm³/mol. The molecule has 0 saturated carbocycles. The SMILES string of the molecule is O=P1(c2ccccc2)c2ccccc2-c2cc3c(cc21)c1ccccc1n3-c1ccc(-c2ccc(-c3ccc4cccnc4c3)cc2)cc1. The molecule has 4 heteroatoms. The van der Waals surface area contributed by atoms with Gasteiger partial charge in [-0.15, -0.1) is 0 Å². The van der Waals surface area contributed by atoms with Gasteiger partial charge < -0.3 is 9.13 Å². The molecule has 2 aromatic heterocycles. The van der Waals surface area contributed by atoms with Crippen molar-refractivity contribution >= 4 is 55.8 Å². The minimum atomic E-state index is -3.03. The Bertz CT molecular complexity index is 2780. The minimum absolute atomic E-state index is 0.877. The maximum absolute atomic E-state index is 15.2. The zero-order chi connectivity index (χ0) is 32.5.